The highest BCUT2D eigenvalue weighted by molar-refractivity contribution is 7.84. The van der Waals surface area contributed by atoms with E-state index in [1.54, 1.807) is 6.92 Å². The van der Waals surface area contributed by atoms with E-state index in [2.05, 4.69) is 5.32 Å². The number of rotatable bonds is 3. The van der Waals surface area contributed by atoms with Gasteiger partial charge in [-0.2, -0.15) is 0 Å². The Balaban J connectivity index is 2.28. The van der Waals surface area contributed by atoms with Crippen LogP contribution in [0.3, 0.4) is 0 Å². The van der Waals surface area contributed by atoms with Gasteiger partial charge in [0, 0.05) is 22.8 Å². The van der Waals surface area contributed by atoms with Crippen molar-refractivity contribution in [2.45, 2.75) is 38.6 Å². The Kier molecular flexibility index (Phi) is 3.75. The van der Waals surface area contributed by atoms with Crippen LogP contribution in [-0.4, -0.2) is 45.0 Å². The second-order valence-electron chi connectivity index (χ2n) is 5.31. The number of nitrogens with one attached hydrogen (secondary N) is 1. The molecule has 0 aromatic carbocycles. The summed E-state index contributed by atoms with van der Waals surface area (Å²) in [4.78, 5) is 37.5. The molecule has 4 amide bonds. The van der Waals surface area contributed by atoms with Gasteiger partial charge in [-0.05, 0) is 19.8 Å². The number of carbonyl (C=O) groups is 3. The first-order chi connectivity index (χ1) is 8.88. The molecule has 2 unspecified atom stereocenters. The Hall–Kier alpha value is -1.24. The van der Waals surface area contributed by atoms with Crippen LogP contribution in [0.25, 0.3) is 0 Å². The summed E-state index contributed by atoms with van der Waals surface area (Å²) in [5.41, 5.74) is -1.07. The van der Waals surface area contributed by atoms with Crippen LogP contribution in [0.5, 0.6) is 0 Å². The zero-order valence-corrected chi connectivity index (χ0v) is 11.9. The largest absolute Gasteiger partial charge is 0.331 e. The number of barbiturate groups is 1. The summed E-state index contributed by atoms with van der Waals surface area (Å²) in [6.07, 6.45) is 4.14. The lowest BCUT2D eigenvalue weighted by Gasteiger charge is -2.39. The van der Waals surface area contributed by atoms with Gasteiger partial charge in [0.1, 0.15) is 5.41 Å². The summed E-state index contributed by atoms with van der Waals surface area (Å²) in [6, 6.07) is -1.16. The van der Waals surface area contributed by atoms with Gasteiger partial charge in [0.25, 0.3) is 0 Å². The van der Waals surface area contributed by atoms with Crippen LogP contribution in [0.1, 0.15) is 32.6 Å². The van der Waals surface area contributed by atoms with Crippen LogP contribution in [0.4, 0.5) is 4.79 Å². The summed E-state index contributed by atoms with van der Waals surface area (Å²) in [5, 5.41) is 2.27. The van der Waals surface area contributed by atoms with Crippen LogP contribution < -0.4 is 5.32 Å². The number of nitrogens with zero attached hydrogens (tertiary/aromatic N) is 1. The number of urea groups is 1. The van der Waals surface area contributed by atoms with E-state index in [0.29, 0.717) is 12.8 Å². The van der Waals surface area contributed by atoms with Gasteiger partial charge in [0.05, 0.1) is 6.04 Å². The van der Waals surface area contributed by atoms with Crippen molar-refractivity contribution in [1.82, 2.24) is 10.2 Å². The van der Waals surface area contributed by atoms with Gasteiger partial charge in [-0.25, -0.2) is 4.79 Å². The van der Waals surface area contributed by atoms with Crippen LogP contribution in [0.2, 0.25) is 0 Å². The zero-order chi connectivity index (χ0) is 14.2. The minimum atomic E-state index is -1.11. The summed E-state index contributed by atoms with van der Waals surface area (Å²) in [5.74, 6) is -0.665. The molecule has 1 spiro atoms. The SMILES string of the molecule is CC(CS(C)=O)N1C(=O)NC(=O)C2(CCCC2)C1=O. The van der Waals surface area contributed by atoms with Crippen LogP contribution in [0.15, 0.2) is 0 Å². The maximum absolute atomic E-state index is 12.5. The van der Waals surface area contributed by atoms with Gasteiger partial charge < -0.3 is 0 Å². The molecule has 0 aromatic heterocycles. The predicted molar refractivity (Wildman–Crippen MR) is 69.7 cm³/mol. The summed E-state index contributed by atoms with van der Waals surface area (Å²) < 4.78 is 11.3. The molecule has 2 atom stereocenters. The highest BCUT2D eigenvalue weighted by atomic mass is 32.2. The molecule has 1 saturated heterocycles. The van der Waals surface area contributed by atoms with E-state index >= 15 is 0 Å². The standard InChI is InChI=1S/C12H18N2O4S/c1-8(7-19(2)18)14-10(16)12(5-3-4-6-12)9(15)13-11(14)17/h8H,3-7H2,1-2H3,(H,13,15,17). The molecule has 1 saturated carbocycles. The lowest BCUT2D eigenvalue weighted by molar-refractivity contribution is -0.152. The second kappa shape index (κ2) is 5.03. The van der Waals surface area contributed by atoms with Crippen LogP contribution in [0, 0.1) is 5.41 Å². The van der Waals surface area contributed by atoms with E-state index in [4.69, 9.17) is 0 Å². The van der Waals surface area contributed by atoms with Crippen molar-refractivity contribution in [2.75, 3.05) is 12.0 Å². The van der Waals surface area contributed by atoms with Crippen molar-refractivity contribution in [3.05, 3.63) is 0 Å². The fourth-order valence-electron chi connectivity index (χ4n) is 2.93. The molecule has 2 fully saturated rings. The third-order valence-electron chi connectivity index (χ3n) is 3.88. The Morgan fingerprint density at radius 3 is 2.42 bits per heavy atom. The van der Waals surface area contributed by atoms with Crippen molar-refractivity contribution in [1.29, 1.82) is 0 Å². The number of carbonyl (C=O) groups excluding carboxylic acids is 3. The minimum Gasteiger partial charge on any atom is -0.277 e. The Labute approximate surface area is 114 Å². The molecule has 0 aromatic rings. The van der Waals surface area contributed by atoms with Gasteiger partial charge >= 0.3 is 6.03 Å². The summed E-state index contributed by atoms with van der Waals surface area (Å²) >= 11 is 0. The third kappa shape index (κ3) is 2.31. The van der Waals surface area contributed by atoms with Gasteiger partial charge in [0.15, 0.2) is 0 Å². The van der Waals surface area contributed by atoms with Crippen LogP contribution >= 0.6 is 0 Å². The van der Waals surface area contributed by atoms with E-state index in [0.717, 1.165) is 17.7 Å². The molecule has 1 N–H and O–H groups in total. The molecule has 0 radical (unpaired) electrons. The Morgan fingerprint density at radius 1 is 1.32 bits per heavy atom. The molecule has 19 heavy (non-hydrogen) atoms. The molecule has 6 nitrogen and oxygen atoms in total. The molecular formula is C12H18N2O4S. The molecule has 2 rings (SSSR count). The summed E-state index contributed by atoms with van der Waals surface area (Å²) in [7, 11) is -1.11. The van der Waals surface area contributed by atoms with Gasteiger partial charge in [-0.15, -0.1) is 0 Å². The van der Waals surface area contributed by atoms with E-state index in [-0.39, 0.29) is 5.75 Å². The number of hydrogen-bond donors (Lipinski definition) is 1. The molecular weight excluding hydrogens is 268 g/mol. The average molecular weight is 286 g/mol. The number of imide groups is 2. The predicted octanol–water partition coefficient (Wildman–Crippen LogP) is 0.392. The highest BCUT2D eigenvalue weighted by Crippen LogP contribution is 2.42. The number of hydrogen-bond acceptors (Lipinski definition) is 4. The van der Waals surface area contributed by atoms with Crippen molar-refractivity contribution >= 4 is 28.6 Å². The fourth-order valence-corrected chi connectivity index (χ4v) is 3.76. The van der Waals surface area contributed by atoms with Gasteiger partial charge in [-0.3, -0.25) is 24.0 Å². The van der Waals surface area contributed by atoms with Gasteiger partial charge in [-0.1, -0.05) is 12.8 Å². The quantitative estimate of drug-likeness (QED) is 0.761. The van der Waals surface area contributed by atoms with Crippen LogP contribution in [-0.2, 0) is 20.4 Å². The maximum Gasteiger partial charge on any atom is 0.331 e. The lowest BCUT2D eigenvalue weighted by atomic mass is 9.82. The first kappa shape index (κ1) is 14.2. The fraction of sp³-hybridized carbons (Fsp3) is 0.750. The topological polar surface area (TPSA) is 83.6 Å². The minimum absolute atomic E-state index is 0.226. The molecule has 0 bridgehead atoms. The van der Waals surface area contributed by atoms with Crippen molar-refractivity contribution in [2.24, 2.45) is 5.41 Å². The number of amides is 4. The lowest BCUT2D eigenvalue weighted by Crippen LogP contribution is -2.65. The van der Waals surface area contributed by atoms with Crippen molar-refractivity contribution in [3.63, 3.8) is 0 Å². The second-order valence-corrected chi connectivity index (χ2v) is 6.79. The molecule has 7 heteroatoms. The average Bonchev–Trinajstić information content (AvgIpc) is 2.76. The first-order valence-corrected chi connectivity index (χ1v) is 8.10. The van der Waals surface area contributed by atoms with E-state index in [1.807, 2.05) is 0 Å². The van der Waals surface area contributed by atoms with E-state index in [1.165, 1.54) is 6.26 Å². The van der Waals surface area contributed by atoms with Gasteiger partial charge in [0.2, 0.25) is 11.8 Å². The molecule has 2 aliphatic rings. The molecule has 106 valence electrons. The Bertz CT molecular complexity index is 457. The molecule has 1 aliphatic heterocycles. The van der Waals surface area contributed by atoms with E-state index in [9.17, 15) is 18.6 Å². The van der Waals surface area contributed by atoms with Crippen molar-refractivity contribution < 1.29 is 18.6 Å². The normalized spacial score (nSPS) is 25.6. The zero-order valence-electron chi connectivity index (χ0n) is 11.1. The van der Waals surface area contributed by atoms with Crippen molar-refractivity contribution in [3.8, 4) is 0 Å². The summed E-state index contributed by atoms with van der Waals surface area (Å²) in [6.45, 7) is 1.68. The van der Waals surface area contributed by atoms with E-state index < -0.39 is 40.1 Å². The first-order valence-electron chi connectivity index (χ1n) is 6.37. The monoisotopic (exact) mass is 286 g/mol. The maximum atomic E-state index is 12.5. The smallest absolute Gasteiger partial charge is 0.277 e. The Morgan fingerprint density at radius 2 is 1.89 bits per heavy atom. The molecule has 1 heterocycles. The molecule has 1 aliphatic carbocycles. The highest BCUT2D eigenvalue weighted by Gasteiger charge is 2.55. The third-order valence-corrected chi connectivity index (χ3v) is 4.83.